The summed E-state index contributed by atoms with van der Waals surface area (Å²) in [6.45, 7) is 9.32. The number of likely N-dealkylation sites (tertiary alicyclic amines) is 1. The molecular formula is C35H45N5O8S. The van der Waals surface area contributed by atoms with Crippen molar-refractivity contribution >= 4 is 44.4 Å². The number of nitrogens with zero attached hydrogens (tertiary/aromatic N) is 2. The molecule has 6 rings (SSSR count). The minimum Gasteiger partial charge on any atom is -0.497 e. The monoisotopic (exact) mass is 695 g/mol. The van der Waals surface area contributed by atoms with Crippen molar-refractivity contribution in [3.05, 3.63) is 43.1 Å². The van der Waals surface area contributed by atoms with Gasteiger partial charge >= 0.3 is 0 Å². The summed E-state index contributed by atoms with van der Waals surface area (Å²) in [5.41, 5.74) is -2.22. The number of carbonyl (C=O) groups excluding carboxylic acids is 4. The first-order valence-corrected chi connectivity index (χ1v) is 18.4. The Hall–Kier alpha value is -4.20. The Bertz CT molecular complexity index is 1780. The molecule has 0 radical (unpaired) electrons. The van der Waals surface area contributed by atoms with Crippen LogP contribution in [0.1, 0.15) is 65.7 Å². The quantitative estimate of drug-likeness (QED) is 0.266. The number of rotatable bonds is 13. The van der Waals surface area contributed by atoms with Gasteiger partial charge in [0, 0.05) is 30.3 Å². The molecule has 2 heterocycles. The molecule has 1 aromatic heterocycles. The van der Waals surface area contributed by atoms with E-state index in [2.05, 4.69) is 26.9 Å². The minimum absolute atomic E-state index is 0.0103. The van der Waals surface area contributed by atoms with E-state index in [4.69, 9.17) is 9.47 Å². The van der Waals surface area contributed by atoms with Crippen molar-refractivity contribution in [1.82, 2.24) is 25.2 Å². The van der Waals surface area contributed by atoms with Gasteiger partial charge in [-0.05, 0) is 73.1 Å². The predicted octanol–water partition coefficient (Wildman–Crippen LogP) is 2.59. The molecule has 49 heavy (non-hydrogen) atoms. The Kier molecular flexibility index (Phi) is 9.14. The van der Waals surface area contributed by atoms with Gasteiger partial charge in [-0.3, -0.25) is 23.9 Å². The summed E-state index contributed by atoms with van der Waals surface area (Å²) < 4.78 is 39.2. The molecule has 13 nitrogen and oxygen atoms in total. The first-order valence-electron chi connectivity index (χ1n) is 16.8. The Morgan fingerprint density at radius 1 is 1.14 bits per heavy atom. The number of amides is 4. The second-order valence-electron chi connectivity index (χ2n) is 14.9. The summed E-state index contributed by atoms with van der Waals surface area (Å²) in [7, 11) is -2.30. The van der Waals surface area contributed by atoms with E-state index in [1.165, 1.54) is 11.0 Å². The van der Waals surface area contributed by atoms with E-state index in [9.17, 15) is 27.6 Å². The normalized spacial score (nSPS) is 25.6. The van der Waals surface area contributed by atoms with E-state index in [0.29, 0.717) is 42.2 Å². The van der Waals surface area contributed by atoms with E-state index in [1.54, 1.807) is 19.4 Å². The predicted molar refractivity (Wildman–Crippen MR) is 181 cm³/mol. The Morgan fingerprint density at radius 3 is 2.49 bits per heavy atom. The van der Waals surface area contributed by atoms with Gasteiger partial charge in [-0.1, -0.05) is 26.8 Å². The second kappa shape index (κ2) is 12.9. The molecule has 264 valence electrons. The van der Waals surface area contributed by atoms with Crippen LogP contribution in [0.25, 0.3) is 10.8 Å². The molecule has 3 saturated carbocycles. The molecule has 3 aliphatic carbocycles. The molecule has 0 spiro atoms. The van der Waals surface area contributed by atoms with E-state index in [1.807, 2.05) is 39.0 Å². The van der Waals surface area contributed by atoms with Crippen molar-refractivity contribution in [2.75, 3.05) is 13.7 Å². The second-order valence-corrected chi connectivity index (χ2v) is 16.8. The molecule has 2 aromatic rings. The number of sulfonamides is 1. The van der Waals surface area contributed by atoms with Crippen molar-refractivity contribution in [3.63, 3.8) is 0 Å². The van der Waals surface area contributed by atoms with Gasteiger partial charge in [-0.2, -0.15) is 0 Å². The molecule has 4 aliphatic rings. The Labute approximate surface area is 286 Å². The molecule has 5 atom stereocenters. The third-order valence-corrected chi connectivity index (χ3v) is 11.7. The van der Waals surface area contributed by atoms with Crippen LogP contribution >= 0.6 is 0 Å². The molecule has 4 amide bonds. The lowest BCUT2D eigenvalue weighted by Gasteiger charge is -2.35. The summed E-state index contributed by atoms with van der Waals surface area (Å²) in [4.78, 5) is 60.8. The zero-order valence-corrected chi connectivity index (χ0v) is 29.2. The van der Waals surface area contributed by atoms with E-state index in [0.717, 1.165) is 18.2 Å². The van der Waals surface area contributed by atoms with Crippen LogP contribution in [0, 0.1) is 17.3 Å². The fourth-order valence-electron chi connectivity index (χ4n) is 6.52. The highest BCUT2D eigenvalue weighted by Crippen LogP contribution is 2.45. The van der Waals surface area contributed by atoms with Gasteiger partial charge in [0.15, 0.2) is 0 Å². The van der Waals surface area contributed by atoms with Crippen LogP contribution < -0.4 is 24.8 Å². The molecule has 1 aromatic carbocycles. The van der Waals surface area contributed by atoms with Gasteiger partial charge < -0.3 is 25.0 Å². The van der Waals surface area contributed by atoms with Crippen molar-refractivity contribution in [3.8, 4) is 11.6 Å². The van der Waals surface area contributed by atoms with Crippen LogP contribution in [0.15, 0.2) is 43.1 Å². The number of nitrogens with one attached hydrogen (secondary N) is 3. The molecule has 0 bridgehead atoms. The maximum Gasteiger partial charge on any atom is 0.259 e. The summed E-state index contributed by atoms with van der Waals surface area (Å²) in [5.74, 6) is -1.33. The maximum absolute atomic E-state index is 14.4. The highest BCUT2D eigenvalue weighted by molar-refractivity contribution is 7.91. The largest absolute Gasteiger partial charge is 0.497 e. The molecule has 1 aliphatic heterocycles. The number of aromatic nitrogens is 1. The highest BCUT2D eigenvalue weighted by atomic mass is 32.2. The number of fused-ring (bicyclic) bond motifs is 1. The molecule has 14 heteroatoms. The summed E-state index contributed by atoms with van der Waals surface area (Å²) >= 11 is 0. The Balaban J connectivity index is 1.27. The third kappa shape index (κ3) is 7.38. The number of ether oxygens (including phenoxy) is 2. The Morgan fingerprint density at radius 2 is 1.88 bits per heavy atom. The number of benzene rings is 1. The van der Waals surface area contributed by atoms with Crippen molar-refractivity contribution in [2.24, 2.45) is 17.3 Å². The average molecular weight is 696 g/mol. The van der Waals surface area contributed by atoms with Crippen LogP contribution in [0.2, 0.25) is 0 Å². The average Bonchev–Trinajstić information content (AvgIpc) is 3.94. The first kappa shape index (κ1) is 34.7. The molecule has 5 unspecified atom stereocenters. The van der Waals surface area contributed by atoms with Gasteiger partial charge in [0.05, 0.1) is 18.9 Å². The third-order valence-electron chi connectivity index (χ3n) is 9.90. The lowest BCUT2D eigenvalue weighted by molar-refractivity contribution is -0.144. The van der Waals surface area contributed by atoms with E-state index < -0.39 is 68.1 Å². The molecule has 3 N–H and O–H groups in total. The number of methoxy groups -OCH3 is 1. The van der Waals surface area contributed by atoms with E-state index in [-0.39, 0.29) is 25.3 Å². The maximum atomic E-state index is 14.4. The molecular weight excluding hydrogens is 650 g/mol. The summed E-state index contributed by atoms with van der Waals surface area (Å²) in [5, 5.41) is 6.65. The smallest absolute Gasteiger partial charge is 0.259 e. The van der Waals surface area contributed by atoms with Crippen LogP contribution in [-0.2, 0) is 29.2 Å². The number of hydrogen-bond donors (Lipinski definition) is 3. The van der Waals surface area contributed by atoms with Gasteiger partial charge in [0.1, 0.15) is 29.5 Å². The lowest BCUT2D eigenvalue weighted by atomic mass is 9.85. The fraction of sp³-hybridized carbons (Fsp3) is 0.571. The number of pyridine rings is 1. The first-order chi connectivity index (χ1) is 23.1. The molecule has 4 fully saturated rings. The van der Waals surface area contributed by atoms with Crippen molar-refractivity contribution in [2.45, 2.75) is 94.7 Å². The van der Waals surface area contributed by atoms with Gasteiger partial charge in [0.2, 0.25) is 33.6 Å². The highest BCUT2D eigenvalue weighted by Gasteiger charge is 2.62. The zero-order valence-electron chi connectivity index (χ0n) is 28.4. The van der Waals surface area contributed by atoms with Crippen LogP contribution in [0.4, 0.5) is 0 Å². The standard InChI is InChI=1S/C35H45N5O8S/c1-6-22-18-35(22,33(44)39-49(45,46)25-10-11-25)38-30(42)27-17-24(48-31-26-12-9-23(47-5)16-21(26)13-14-36-31)19-40(27)32(43)29(34(2,3)4)37-28(41)15-20-7-8-20/h6,9,12-14,16,20,22,24-25,27,29H,1,7-8,10-11,15,17-19H2,2-5H3,(H,37,41)(H,38,42)(H,39,44). The van der Waals surface area contributed by atoms with Crippen molar-refractivity contribution in [1.29, 1.82) is 0 Å². The van der Waals surface area contributed by atoms with Gasteiger partial charge in [-0.25, -0.2) is 13.4 Å². The lowest BCUT2D eigenvalue weighted by Crippen LogP contribution is -2.60. The summed E-state index contributed by atoms with van der Waals surface area (Å²) in [6, 6.07) is 5.25. The topological polar surface area (TPSA) is 173 Å². The van der Waals surface area contributed by atoms with Crippen molar-refractivity contribution < 1.29 is 37.1 Å². The van der Waals surface area contributed by atoms with Crippen LogP contribution in [0.3, 0.4) is 0 Å². The zero-order chi connectivity index (χ0) is 35.3. The minimum atomic E-state index is -3.87. The number of hydrogen-bond acceptors (Lipinski definition) is 9. The van der Waals surface area contributed by atoms with E-state index >= 15 is 0 Å². The summed E-state index contributed by atoms with van der Waals surface area (Å²) in [6.07, 6.45) is 5.91. The fourth-order valence-corrected chi connectivity index (χ4v) is 7.88. The number of carbonyl (C=O) groups is 4. The van der Waals surface area contributed by atoms with Gasteiger partial charge in [0.25, 0.3) is 5.91 Å². The molecule has 1 saturated heterocycles. The van der Waals surface area contributed by atoms with Gasteiger partial charge in [-0.15, -0.1) is 6.58 Å². The van der Waals surface area contributed by atoms with Crippen LogP contribution in [-0.4, -0.2) is 84.6 Å². The van der Waals surface area contributed by atoms with Crippen LogP contribution in [0.5, 0.6) is 11.6 Å². The SMILES string of the molecule is C=CC1CC1(NC(=O)C1CC(Oc2nccc3cc(OC)ccc23)CN1C(=O)C(NC(=O)CC1CC1)C(C)(C)C)C(=O)NS(=O)(=O)C1CC1.